The SMILES string of the molecule is CCCCc1nc(C)c(Cc2cccc(C(=O)O)c2)c(=O)n1Cc1ccc(-c2ccccc2-c2nn[nH]n2)cc1. The Bertz CT molecular complexity index is 1690. The van der Waals surface area contributed by atoms with Crippen LogP contribution in [0.25, 0.3) is 22.5 Å². The number of aromatic nitrogens is 6. The number of carboxylic acid groups (broad SMARTS) is 1. The van der Waals surface area contributed by atoms with Gasteiger partial charge in [0.1, 0.15) is 5.82 Å². The molecule has 3 aromatic carbocycles. The molecule has 0 aliphatic carbocycles. The zero-order valence-electron chi connectivity index (χ0n) is 22.5. The number of benzene rings is 3. The van der Waals surface area contributed by atoms with E-state index in [9.17, 15) is 14.7 Å². The van der Waals surface area contributed by atoms with Crippen molar-refractivity contribution in [3.63, 3.8) is 0 Å². The van der Waals surface area contributed by atoms with Gasteiger partial charge in [0.2, 0.25) is 5.82 Å². The molecule has 0 spiro atoms. The van der Waals surface area contributed by atoms with Gasteiger partial charge in [-0.1, -0.05) is 74.0 Å². The molecule has 202 valence electrons. The van der Waals surface area contributed by atoms with Crippen molar-refractivity contribution >= 4 is 5.97 Å². The molecular formula is C31H30N6O3. The van der Waals surface area contributed by atoms with Gasteiger partial charge >= 0.3 is 5.97 Å². The summed E-state index contributed by atoms with van der Waals surface area (Å²) in [6.07, 6.45) is 2.95. The van der Waals surface area contributed by atoms with E-state index in [2.05, 4.69) is 27.5 Å². The Kier molecular flexibility index (Phi) is 7.91. The molecule has 0 saturated heterocycles. The van der Waals surface area contributed by atoms with Crippen molar-refractivity contribution in [2.45, 2.75) is 46.1 Å². The highest BCUT2D eigenvalue weighted by Crippen LogP contribution is 2.29. The van der Waals surface area contributed by atoms with Crippen LogP contribution >= 0.6 is 0 Å². The summed E-state index contributed by atoms with van der Waals surface area (Å²) in [4.78, 5) is 30.1. The third kappa shape index (κ3) is 5.73. The number of H-pyrrole nitrogens is 1. The number of carboxylic acids is 1. The van der Waals surface area contributed by atoms with Crippen LogP contribution in [0.4, 0.5) is 0 Å². The number of carbonyl (C=O) groups is 1. The van der Waals surface area contributed by atoms with Crippen molar-refractivity contribution in [1.82, 2.24) is 30.2 Å². The largest absolute Gasteiger partial charge is 0.478 e. The fourth-order valence-electron chi connectivity index (χ4n) is 4.85. The van der Waals surface area contributed by atoms with Gasteiger partial charge < -0.3 is 5.11 Å². The van der Waals surface area contributed by atoms with E-state index in [4.69, 9.17) is 4.98 Å². The summed E-state index contributed by atoms with van der Waals surface area (Å²) in [6, 6.07) is 22.7. The maximum Gasteiger partial charge on any atom is 0.335 e. The van der Waals surface area contributed by atoms with Gasteiger partial charge in [0.25, 0.3) is 5.56 Å². The van der Waals surface area contributed by atoms with Gasteiger partial charge in [0.15, 0.2) is 0 Å². The van der Waals surface area contributed by atoms with Gasteiger partial charge in [-0.3, -0.25) is 9.36 Å². The van der Waals surface area contributed by atoms with Crippen molar-refractivity contribution in [2.24, 2.45) is 0 Å². The Labute approximate surface area is 231 Å². The number of aromatic amines is 1. The molecule has 0 bridgehead atoms. The van der Waals surface area contributed by atoms with Crippen LogP contribution in [0.5, 0.6) is 0 Å². The molecule has 0 atom stereocenters. The fourth-order valence-corrected chi connectivity index (χ4v) is 4.85. The van der Waals surface area contributed by atoms with E-state index >= 15 is 0 Å². The summed E-state index contributed by atoms with van der Waals surface area (Å²) in [5.41, 5.74) is 5.97. The van der Waals surface area contributed by atoms with Gasteiger partial charge in [0.05, 0.1) is 12.1 Å². The van der Waals surface area contributed by atoms with Gasteiger partial charge in [-0.15, -0.1) is 10.2 Å². The first-order valence-corrected chi connectivity index (χ1v) is 13.3. The minimum atomic E-state index is -0.993. The lowest BCUT2D eigenvalue weighted by molar-refractivity contribution is 0.0696. The molecule has 9 heteroatoms. The smallest absolute Gasteiger partial charge is 0.335 e. The molecule has 2 heterocycles. The van der Waals surface area contributed by atoms with Crippen molar-refractivity contribution in [2.75, 3.05) is 0 Å². The van der Waals surface area contributed by atoms with Crippen molar-refractivity contribution in [3.05, 3.63) is 117 Å². The third-order valence-electron chi connectivity index (χ3n) is 6.98. The molecule has 5 rings (SSSR count). The first kappa shape index (κ1) is 26.7. The second-order valence-electron chi connectivity index (χ2n) is 9.75. The molecular weight excluding hydrogens is 504 g/mol. The van der Waals surface area contributed by atoms with E-state index < -0.39 is 5.97 Å². The molecule has 0 fully saturated rings. The highest BCUT2D eigenvalue weighted by molar-refractivity contribution is 5.87. The lowest BCUT2D eigenvalue weighted by Gasteiger charge is -2.17. The maximum atomic E-state index is 13.8. The third-order valence-corrected chi connectivity index (χ3v) is 6.98. The normalized spacial score (nSPS) is 11.1. The van der Waals surface area contributed by atoms with Gasteiger partial charge in [-0.25, -0.2) is 9.78 Å². The lowest BCUT2D eigenvalue weighted by atomic mass is 9.98. The summed E-state index contributed by atoms with van der Waals surface area (Å²) >= 11 is 0. The fraction of sp³-hybridized carbons (Fsp3) is 0.226. The highest BCUT2D eigenvalue weighted by atomic mass is 16.4. The molecule has 40 heavy (non-hydrogen) atoms. The summed E-state index contributed by atoms with van der Waals surface area (Å²) < 4.78 is 1.77. The van der Waals surface area contributed by atoms with Gasteiger partial charge in [0, 0.05) is 29.7 Å². The molecule has 0 aliphatic rings. The first-order valence-electron chi connectivity index (χ1n) is 13.3. The lowest BCUT2D eigenvalue weighted by Crippen LogP contribution is -2.30. The Morgan fingerprint density at radius 1 is 0.975 bits per heavy atom. The molecule has 0 unspecified atom stereocenters. The summed E-state index contributed by atoms with van der Waals surface area (Å²) in [7, 11) is 0. The number of aryl methyl sites for hydroxylation is 2. The van der Waals surface area contributed by atoms with Crippen LogP contribution in [0.1, 0.15) is 58.3 Å². The second-order valence-corrected chi connectivity index (χ2v) is 9.75. The van der Waals surface area contributed by atoms with Crippen LogP contribution in [0.2, 0.25) is 0 Å². The molecule has 0 saturated carbocycles. The Balaban J connectivity index is 1.48. The minimum Gasteiger partial charge on any atom is -0.478 e. The standard InChI is InChI=1S/C31H30N6O3/c1-3-4-12-28-32-20(2)27(18-22-8-7-9-24(17-22)31(39)40)30(38)37(28)19-21-13-15-23(16-14-21)25-10-5-6-11-26(25)29-33-35-36-34-29/h5-11,13-17H,3-4,12,18-19H2,1-2H3,(H,39,40)(H,33,34,35,36). The van der Waals surface area contributed by atoms with Crippen LogP contribution in [0.3, 0.4) is 0 Å². The number of unbranched alkanes of at least 4 members (excludes halogenated alkanes) is 1. The van der Waals surface area contributed by atoms with E-state index in [1.54, 1.807) is 22.8 Å². The van der Waals surface area contributed by atoms with Crippen LogP contribution in [-0.4, -0.2) is 41.3 Å². The van der Waals surface area contributed by atoms with Gasteiger partial charge in [-0.05, 0) is 52.9 Å². The van der Waals surface area contributed by atoms with E-state index in [-0.39, 0.29) is 11.1 Å². The van der Waals surface area contributed by atoms with E-state index in [0.29, 0.717) is 36.5 Å². The first-order chi connectivity index (χ1) is 19.4. The molecule has 0 radical (unpaired) electrons. The molecule has 0 aliphatic heterocycles. The number of nitrogens with one attached hydrogen (secondary N) is 1. The monoisotopic (exact) mass is 534 g/mol. The number of aromatic carboxylic acids is 1. The number of rotatable bonds is 10. The Morgan fingerprint density at radius 3 is 2.45 bits per heavy atom. The van der Waals surface area contributed by atoms with Gasteiger partial charge in [-0.2, -0.15) is 5.21 Å². The van der Waals surface area contributed by atoms with Crippen molar-refractivity contribution in [1.29, 1.82) is 0 Å². The molecule has 0 amide bonds. The predicted octanol–water partition coefficient (Wildman–Crippen LogP) is 5.08. The summed E-state index contributed by atoms with van der Waals surface area (Å²) in [5.74, 6) is 0.297. The van der Waals surface area contributed by atoms with Crippen molar-refractivity contribution < 1.29 is 9.90 Å². The van der Waals surface area contributed by atoms with E-state index in [0.717, 1.165) is 46.5 Å². The molecule has 9 nitrogen and oxygen atoms in total. The Morgan fingerprint density at radius 2 is 1.75 bits per heavy atom. The highest BCUT2D eigenvalue weighted by Gasteiger charge is 2.16. The minimum absolute atomic E-state index is 0.0918. The zero-order chi connectivity index (χ0) is 28.1. The van der Waals surface area contributed by atoms with E-state index in [1.807, 2.05) is 61.5 Å². The maximum absolute atomic E-state index is 13.8. The second kappa shape index (κ2) is 11.9. The molecule has 2 N–H and O–H groups in total. The Hall–Kier alpha value is -4.92. The molecule has 2 aromatic heterocycles. The summed E-state index contributed by atoms with van der Waals surface area (Å²) in [6.45, 7) is 4.36. The van der Waals surface area contributed by atoms with Crippen LogP contribution in [-0.2, 0) is 19.4 Å². The number of tetrazole rings is 1. The van der Waals surface area contributed by atoms with E-state index in [1.165, 1.54) is 0 Å². The number of hydrogen-bond acceptors (Lipinski definition) is 6. The predicted molar refractivity (Wildman–Crippen MR) is 152 cm³/mol. The number of hydrogen-bond donors (Lipinski definition) is 2. The van der Waals surface area contributed by atoms with Crippen LogP contribution in [0.15, 0.2) is 77.6 Å². The average Bonchev–Trinajstić information content (AvgIpc) is 3.51. The number of nitrogens with zero attached hydrogens (tertiary/aromatic N) is 5. The molecule has 5 aromatic rings. The van der Waals surface area contributed by atoms with Crippen molar-refractivity contribution in [3.8, 4) is 22.5 Å². The topological polar surface area (TPSA) is 127 Å². The summed E-state index contributed by atoms with van der Waals surface area (Å²) in [5, 5.41) is 23.8. The quantitative estimate of drug-likeness (QED) is 0.256. The zero-order valence-corrected chi connectivity index (χ0v) is 22.5. The van der Waals surface area contributed by atoms with Crippen LogP contribution < -0.4 is 5.56 Å². The average molecular weight is 535 g/mol. The van der Waals surface area contributed by atoms with Crippen LogP contribution in [0, 0.1) is 6.92 Å².